The molecular formula is C8H10N2S2. The van der Waals surface area contributed by atoms with Crippen molar-refractivity contribution in [3.05, 3.63) is 10.3 Å². The standard InChI is InChI=1S/C8H10N2S2/c1-4(2)7-6-5(3-11-7)12-8(9)10-6/h3-4H,1-2H3,(H2,9,10). The second kappa shape index (κ2) is 2.71. The van der Waals surface area contributed by atoms with Gasteiger partial charge in [0.15, 0.2) is 5.13 Å². The van der Waals surface area contributed by atoms with Crippen molar-refractivity contribution in [1.29, 1.82) is 0 Å². The molecule has 0 aliphatic heterocycles. The third-order valence-corrected chi connectivity index (χ3v) is 3.97. The van der Waals surface area contributed by atoms with Crippen molar-refractivity contribution in [2.45, 2.75) is 19.8 Å². The number of nitrogen functional groups attached to an aromatic ring is 1. The molecule has 2 aromatic rings. The lowest BCUT2D eigenvalue weighted by Crippen LogP contribution is -1.84. The molecule has 2 nitrogen and oxygen atoms in total. The summed E-state index contributed by atoms with van der Waals surface area (Å²) in [6.45, 7) is 4.36. The summed E-state index contributed by atoms with van der Waals surface area (Å²) in [5.41, 5.74) is 6.72. The first-order valence-electron chi connectivity index (χ1n) is 3.82. The van der Waals surface area contributed by atoms with Crippen molar-refractivity contribution in [3.8, 4) is 0 Å². The van der Waals surface area contributed by atoms with Crippen LogP contribution < -0.4 is 5.73 Å². The first-order chi connectivity index (χ1) is 5.68. The summed E-state index contributed by atoms with van der Waals surface area (Å²) >= 11 is 3.35. The van der Waals surface area contributed by atoms with Gasteiger partial charge in [0.2, 0.25) is 0 Å². The topological polar surface area (TPSA) is 38.9 Å². The summed E-state index contributed by atoms with van der Waals surface area (Å²) in [4.78, 5) is 5.65. The maximum Gasteiger partial charge on any atom is 0.181 e. The van der Waals surface area contributed by atoms with E-state index in [9.17, 15) is 0 Å². The van der Waals surface area contributed by atoms with Crippen LogP contribution in [0.4, 0.5) is 5.13 Å². The Morgan fingerprint density at radius 3 is 2.92 bits per heavy atom. The van der Waals surface area contributed by atoms with E-state index in [2.05, 4.69) is 24.2 Å². The molecule has 0 fully saturated rings. The fourth-order valence-electron chi connectivity index (χ4n) is 1.19. The number of rotatable bonds is 1. The van der Waals surface area contributed by atoms with Crippen molar-refractivity contribution >= 4 is 38.0 Å². The zero-order valence-corrected chi connectivity index (χ0v) is 8.63. The van der Waals surface area contributed by atoms with E-state index in [0.29, 0.717) is 11.0 Å². The molecule has 0 amide bonds. The van der Waals surface area contributed by atoms with Gasteiger partial charge in [-0.3, -0.25) is 0 Å². The van der Waals surface area contributed by atoms with Gasteiger partial charge in [0.05, 0.1) is 10.2 Å². The Labute approximate surface area is 79.0 Å². The summed E-state index contributed by atoms with van der Waals surface area (Å²) in [6.07, 6.45) is 0. The number of thiazole rings is 1. The van der Waals surface area contributed by atoms with Gasteiger partial charge >= 0.3 is 0 Å². The first kappa shape index (κ1) is 8.01. The number of aromatic nitrogens is 1. The monoisotopic (exact) mass is 198 g/mol. The molecule has 4 heteroatoms. The van der Waals surface area contributed by atoms with E-state index in [1.54, 1.807) is 22.7 Å². The average molecular weight is 198 g/mol. The fourth-order valence-corrected chi connectivity index (χ4v) is 3.09. The summed E-state index contributed by atoms with van der Waals surface area (Å²) in [6, 6.07) is 0. The third-order valence-electron chi connectivity index (χ3n) is 1.72. The molecule has 0 radical (unpaired) electrons. The highest BCUT2D eigenvalue weighted by Gasteiger charge is 2.11. The van der Waals surface area contributed by atoms with Crippen LogP contribution in [-0.2, 0) is 0 Å². The first-order valence-corrected chi connectivity index (χ1v) is 5.51. The van der Waals surface area contributed by atoms with Crippen molar-refractivity contribution in [2.75, 3.05) is 5.73 Å². The quantitative estimate of drug-likeness (QED) is 0.765. The van der Waals surface area contributed by atoms with Crippen LogP contribution in [-0.4, -0.2) is 4.98 Å². The Morgan fingerprint density at radius 2 is 2.25 bits per heavy atom. The van der Waals surface area contributed by atoms with Crippen LogP contribution in [0.2, 0.25) is 0 Å². The van der Waals surface area contributed by atoms with Gasteiger partial charge in [-0.1, -0.05) is 25.2 Å². The van der Waals surface area contributed by atoms with Crippen LogP contribution in [0.3, 0.4) is 0 Å². The summed E-state index contributed by atoms with van der Waals surface area (Å²) in [5, 5.41) is 2.81. The van der Waals surface area contributed by atoms with Crippen molar-refractivity contribution in [1.82, 2.24) is 4.98 Å². The molecule has 2 heterocycles. The Morgan fingerprint density at radius 1 is 1.50 bits per heavy atom. The molecule has 2 N–H and O–H groups in total. The molecule has 12 heavy (non-hydrogen) atoms. The molecule has 2 aromatic heterocycles. The Kier molecular flexibility index (Phi) is 1.81. The van der Waals surface area contributed by atoms with Gasteiger partial charge in [0.1, 0.15) is 0 Å². The van der Waals surface area contributed by atoms with Gasteiger partial charge in [0.25, 0.3) is 0 Å². The molecule has 0 aliphatic carbocycles. The normalized spacial score (nSPS) is 11.6. The van der Waals surface area contributed by atoms with Crippen molar-refractivity contribution in [3.63, 3.8) is 0 Å². The predicted molar refractivity (Wildman–Crippen MR) is 56.0 cm³/mol. The van der Waals surface area contributed by atoms with E-state index in [0.717, 1.165) is 5.52 Å². The van der Waals surface area contributed by atoms with Crippen molar-refractivity contribution < 1.29 is 0 Å². The van der Waals surface area contributed by atoms with E-state index < -0.39 is 0 Å². The second-order valence-corrected chi connectivity index (χ2v) is 4.99. The molecular weight excluding hydrogens is 188 g/mol. The number of fused-ring (bicyclic) bond motifs is 1. The van der Waals surface area contributed by atoms with Crippen LogP contribution in [0.25, 0.3) is 10.2 Å². The maximum atomic E-state index is 5.62. The van der Waals surface area contributed by atoms with Crippen LogP contribution in [0, 0.1) is 0 Å². The Hall–Kier alpha value is -0.610. The summed E-state index contributed by atoms with van der Waals surface area (Å²) in [5.74, 6) is 0.550. The van der Waals surface area contributed by atoms with Gasteiger partial charge in [-0.05, 0) is 5.92 Å². The van der Waals surface area contributed by atoms with E-state index in [4.69, 9.17) is 5.73 Å². The number of nitrogens with zero attached hydrogens (tertiary/aromatic N) is 1. The van der Waals surface area contributed by atoms with Crippen molar-refractivity contribution in [2.24, 2.45) is 0 Å². The zero-order chi connectivity index (χ0) is 8.72. The molecule has 2 rings (SSSR count). The highest BCUT2D eigenvalue weighted by Crippen LogP contribution is 2.35. The van der Waals surface area contributed by atoms with Crippen LogP contribution in [0.1, 0.15) is 24.6 Å². The molecule has 0 unspecified atom stereocenters. The minimum absolute atomic E-state index is 0.550. The van der Waals surface area contributed by atoms with E-state index >= 15 is 0 Å². The maximum absolute atomic E-state index is 5.62. The second-order valence-electron chi connectivity index (χ2n) is 3.02. The molecule has 0 aromatic carbocycles. The number of anilines is 1. The number of hydrogen-bond acceptors (Lipinski definition) is 4. The Balaban J connectivity index is 2.68. The van der Waals surface area contributed by atoms with Gasteiger partial charge < -0.3 is 5.73 Å². The summed E-state index contributed by atoms with van der Waals surface area (Å²) in [7, 11) is 0. The molecule has 0 aliphatic rings. The van der Waals surface area contributed by atoms with E-state index in [1.807, 2.05) is 0 Å². The zero-order valence-electron chi connectivity index (χ0n) is 7.00. The molecule has 0 saturated heterocycles. The highest BCUT2D eigenvalue weighted by atomic mass is 32.1. The Bertz CT molecular complexity index is 400. The van der Waals surface area contributed by atoms with Gasteiger partial charge in [-0.15, -0.1) is 11.3 Å². The fraction of sp³-hybridized carbons (Fsp3) is 0.375. The SMILES string of the molecule is CC(C)c1scc2sc(N)nc12. The van der Waals surface area contributed by atoms with Crippen LogP contribution in [0.5, 0.6) is 0 Å². The van der Waals surface area contributed by atoms with Gasteiger partial charge in [-0.2, -0.15) is 0 Å². The minimum atomic E-state index is 0.550. The smallest absolute Gasteiger partial charge is 0.181 e. The molecule has 0 spiro atoms. The molecule has 0 atom stereocenters. The number of thiophene rings is 1. The molecule has 0 bridgehead atoms. The summed E-state index contributed by atoms with van der Waals surface area (Å²) < 4.78 is 1.22. The lowest BCUT2D eigenvalue weighted by Gasteiger charge is -1.97. The largest absolute Gasteiger partial charge is 0.375 e. The van der Waals surface area contributed by atoms with Gasteiger partial charge in [-0.25, -0.2) is 4.98 Å². The predicted octanol–water partition coefficient (Wildman–Crippen LogP) is 3.06. The molecule has 0 saturated carbocycles. The molecule has 64 valence electrons. The highest BCUT2D eigenvalue weighted by molar-refractivity contribution is 7.25. The third kappa shape index (κ3) is 1.11. The van der Waals surface area contributed by atoms with Gasteiger partial charge in [0, 0.05) is 10.3 Å². The van der Waals surface area contributed by atoms with Crippen LogP contribution >= 0.6 is 22.7 Å². The lowest BCUT2D eigenvalue weighted by atomic mass is 10.2. The van der Waals surface area contributed by atoms with E-state index in [-0.39, 0.29) is 0 Å². The lowest BCUT2D eigenvalue weighted by molar-refractivity contribution is 0.895. The minimum Gasteiger partial charge on any atom is -0.375 e. The number of nitrogens with two attached hydrogens (primary N) is 1. The average Bonchev–Trinajstić information content (AvgIpc) is 2.43. The van der Waals surface area contributed by atoms with E-state index in [1.165, 1.54) is 9.58 Å². The number of hydrogen-bond donors (Lipinski definition) is 1. The van der Waals surface area contributed by atoms with Crippen LogP contribution in [0.15, 0.2) is 5.38 Å².